The molecule has 0 radical (unpaired) electrons. The molecule has 0 saturated heterocycles. The molecule has 1 atom stereocenters. The number of methoxy groups -OCH3 is 1. The van der Waals surface area contributed by atoms with Crippen molar-refractivity contribution >= 4 is 29.1 Å². The maximum Gasteiger partial charge on any atom is 0.338 e. The van der Waals surface area contributed by atoms with E-state index in [0.717, 1.165) is 11.3 Å². The molecule has 0 amide bonds. The van der Waals surface area contributed by atoms with E-state index in [1.165, 1.54) is 23.8 Å². The fourth-order valence-corrected chi connectivity index (χ4v) is 4.98. The van der Waals surface area contributed by atoms with Crippen LogP contribution >= 0.6 is 11.3 Å². The molecule has 180 valence electrons. The Labute approximate surface area is 204 Å². The molecule has 0 saturated carbocycles. The summed E-state index contributed by atoms with van der Waals surface area (Å²) in [5.74, 6) is -0.0552. The largest absolute Gasteiger partial charge is 0.491 e. The molecular weight excluding hydrogens is 470 g/mol. The predicted molar refractivity (Wildman–Crippen MR) is 131 cm³/mol. The molecule has 0 bridgehead atoms. The Morgan fingerprint density at radius 2 is 1.97 bits per heavy atom. The lowest BCUT2D eigenvalue weighted by atomic mass is 9.95. The van der Waals surface area contributed by atoms with Crippen LogP contribution in [0.15, 0.2) is 69.6 Å². The molecule has 10 heteroatoms. The molecule has 35 heavy (non-hydrogen) atoms. The molecule has 2 heterocycles. The third-order valence-corrected chi connectivity index (χ3v) is 6.36. The highest BCUT2D eigenvalue weighted by molar-refractivity contribution is 7.07. The predicted octanol–water partition coefficient (Wildman–Crippen LogP) is 3.10. The van der Waals surface area contributed by atoms with Crippen LogP contribution in [0, 0.1) is 10.1 Å². The lowest BCUT2D eigenvalue weighted by Gasteiger charge is -2.26. The lowest BCUT2D eigenvalue weighted by Crippen LogP contribution is -2.40. The number of ether oxygens (including phenoxy) is 2. The molecule has 0 spiro atoms. The third kappa shape index (κ3) is 4.65. The van der Waals surface area contributed by atoms with Crippen molar-refractivity contribution in [1.29, 1.82) is 0 Å². The van der Waals surface area contributed by atoms with Gasteiger partial charge in [0, 0.05) is 17.7 Å². The quantitative estimate of drug-likeness (QED) is 0.296. The van der Waals surface area contributed by atoms with Crippen molar-refractivity contribution in [2.75, 3.05) is 7.11 Å². The Morgan fingerprint density at radius 3 is 2.66 bits per heavy atom. The zero-order valence-corrected chi connectivity index (χ0v) is 20.4. The van der Waals surface area contributed by atoms with Crippen molar-refractivity contribution in [2.45, 2.75) is 32.9 Å². The van der Waals surface area contributed by atoms with Crippen molar-refractivity contribution < 1.29 is 19.2 Å². The Balaban J connectivity index is 1.98. The topological polar surface area (TPSA) is 113 Å². The first-order valence-electron chi connectivity index (χ1n) is 10.8. The number of allylic oxidation sites excluding steroid dienone is 1. The molecule has 0 fully saturated rings. The van der Waals surface area contributed by atoms with E-state index in [1.807, 2.05) is 32.0 Å². The molecule has 4 rings (SSSR count). The number of nitro groups is 1. The van der Waals surface area contributed by atoms with E-state index in [4.69, 9.17) is 9.47 Å². The molecule has 2 aromatic carbocycles. The summed E-state index contributed by atoms with van der Waals surface area (Å²) in [6.45, 7) is 5.48. The molecule has 1 aliphatic heterocycles. The summed E-state index contributed by atoms with van der Waals surface area (Å²) in [4.78, 5) is 42.1. The number of thiazole rings is 1. The highest BCUT2D eigenvalue weighted by Crippen LogP contribution is 2.36. The number of carbonyl (C=O) groups excluding carboxylic acids is 1. The van der Waals surface area contributed by atoms with Crippen LogP contribution in [0.1, 0.15) is 37.9 Å². The van der Waals surface area contributed by atoms with E-state index in [2.05, 4.69) is 4.99 Å². The molecule has 0 N–H and O–H groups in total. The number of esters is 1. The van der Waals surface area contributed by atoms with Crippen molar-refractivity contribution in [3.63, 3.8) is 0 Å². The summed E-state index contributed by atoms with van der Waals surface area (Å²) < 4.78 is 12.8. The molecule has 1 aliphatic rings. The minimum Gasteiger partial charge on any atom is -0.491 e. The van der Waals surface area contributed by atoms with E-state index in [9.17, 15) is 19.7 Å². The molecule has 9 nitrogen and oxygen atoms in total. The van der Waals surface area contributed by atoms with Crippen LogP contribution in [-0.2, 0) is 9.53 Å². The lowest BCUT2D eigenvalue weighted by molar-refractivity contribution is -0.384. The van der Waals surface area contributed by atoms with E-state index >= 15 is 0 Å². The molecule has 0 aliphatic carbocycles. The maximum atomic E-state index is 13.6. The van der Waals surface area contributed by atoms with Gasteiger partial charge in [-0.15, -0.1) is 0 Å². The monoisotopic (exact) mass is 493 g/mol. The molecule has 3 aromatic rings. The molecule has 1 aromatic heterocycles. The minimum absolute atomic E-state index is 0.0759. The summed E-state index contributed by atoms with van der Waals surface area (Å²) >= 11 is 1.15. The number of nitro benzene ring substituents is 1. The summed E-state index contributed by atoms with van der Waals surface area (Å²) in [6, 6.07) is 12.4. The minimum atomic E-state index is -0.819. The number of nitrogens with zero attached hydrogens (tertiary/aromatic N) is 3. The highest BCUT2D eigenvalue weighted by Gasteiger charge is 2.34. The first-order chi connectivity index (χ1) is 16.7. The van der Waals surface area contributed by atoms with Gasteiger partial charge < -0.3 is 9.47 Å². The Bertz CT molecular complexity index is 1530. The average molecular weight is 494 g/mol. The van der Waals surface area contributed by atoms with Gasteiger partial charge in [-0.3, -0.25) is 19.5 Å². The van der Waals surface area contributed by atoms with E-state index in [1.54, 1.807) is 31.2 Å². The van der Waals surface area contributed by atoms with Crippen molar-refractivity contribution in [2.24, 2.45) is 4.99 Å². The maximum absolute atomic E-state index is 13.6. The van der Waals surface area contributed by atoms with Crippen LogP contribution in [0.2, 0.25) is 0 Å². The van der Waals surface area contributed by atoms with Crippen LogP contribution in [0.3, 0.4) is 0 Å². The summed E-state index contributed by atoms with van der Waals surface area (Å²) in [5.41, 5.74) is 1.35. The molecular formula is C25H23N3O6S. The van der Waals surface area contributed by atoms with Gasteiger partial charge in [0.15, 0.2) is 4.80 Å². The second kappa shape index (κ2) is 9.67. The van der Waals surface area contributed by atoms with Gasteiger partial charge in [-0.1, -0.05) is 41.7 Å². The average Bonchev–Trinajstić information content (AvgIpc) is 3.12. The summed E-state index contributed by atoms with van der Waals surface area (Å²) in [6.07, 6.45) is 1.45. The van der Waals surface area contributed by atoms with Gasteiger partial charge in [0.2, 0.25) is 0 Å². The number of non-ortho nitro benzene ring substituents is 1. The van der Waals surface area contributed by atoms with Crippen molar-refractivity contribution in [1.82, 2.24) is 4.57 Å². The van der Waals surface area contributed by atoms with Gasteiger partial charge in [0.05, 0.1) is 33.9 Å². The molecule has 1 unspecified atom stereocenters. The highest BCUT2D eigenvalue weighted by atomic mass is 32.1. The number of rotatable bonds is 6. The Kier molecular flexibility index (Phi) is 6.65. The smallest absolute Gasteiger partial charge is 0.338 e. The van der Waals surface area contributed by atoms with Crippen LogP contribution < -0.4 is 19.6 Å². The summed E-state index contributed by atoms with van der Waals surface area (Å²) in [5, 5.41) is 11.2. The number of aromatic nitrogens is 1. The fourth-order valence-electron chi connectivity index (χ4n) is 3.93. The van der Waals surface area contributed by atoms with Gasteiger partial charge in [-0.2, -0.15) is 0 Å². The van der Waals surface area contributed by atoms with E-state index in [0.29, 0.717) is 31.9 Å². The van der Waals surface area contributed by atoms with Gasteiger partial charge in [-0.25, -0.2) is 9.79 Å². The van der Waals surface area contributed by atoms with Crippen molar-refractivity contribution in [3.8, 4) is 5.75 Å². The van der Waals surface area contributed by atoms with E-state index in [-0.39, 0.29) is 22.9 Å². The van der Waals surface area contributed by atoms with Crippen LogP contribution in [0.5, 0.6) is 5.75 Å². The van der Waals surface area contributed by atoms with Gasteiger partial charge >= 0.3 is 5.97 Å². The second-order valence-electron chi connectivity index (χ2n) is 8.13. The second-order valence-corrected chi connectivity index (χ2v) is 9.14. The number of hydrogen-bond acceptors (Lipinski definition) is 8. The van der Waals surface area contributed by atoms with E-state index < -0.39 is 16.9 Å². The zero-order valence-electron chi connectivity index (χ0n) is 19.6. The number of carbonyl (C=O) groups is 1. The Hall–Kier alpha value is -4.05. The SMILES string of the molecule is COC(=O)C1=C(C)N=c2s/c(=C\c3cccc([N+](=O)[O-])c3)c(=O)n2C1c1ccccc1OC(C)C. The standard InChI is InChI=1S/C25H23N3O6S/c1-14(2)34-19-11-6-5-10-18(19)22-21(24(30)33-4)15(3)26-25-27(22)23(29)20(35-25)13-16-8-7-9-17(12-16)28(31)32/h5-14,22H,1-4H3/b20-13-. The number of fused-ring (bicyclic) bond motifs is 1. The number of para-hydroxylation sites is 1. The van der Waals surface area contributed by atoms with Gasteiger partial charge in [0.25, 0.3) is 11.2 Å². The third-order valence-electron chi connectivity index (χ3n) is 5.38. The number of hydrogen-bond donors (Lipinski definition) is 0. The Morgan fingerprint density at radius 1 is 1.23 bits per heavy atom. The van der Waals surface area contributed by atoms with Gasteiger partial charge in [-0.05, 0) is 38.5 Å². The van der Waals surface area contributed by atoms with Gasteiger partial charge in [0.1, 0.15) is 11.8 Å². The first-order valence-corrected chi connectivity index (χ1v) is 11.6. The van der Waals surface area contributed by atoms with Crippen LogP contribution in [0.4, 0.5) is 5.69 Å². The number of benzene rings is 2. The zero-order chi connectivity index (χ0) is 25.3. The van der Waals surface area contributed by atoms with Crippen LogP contribution in [0.25, 0.3) is 6.08 Å². The fraction of sp³-hybridized carbons (Fsp3) is 0.240. The summed E-state index contributed by atoms with van der Waals surface area (Å²) in [7, 11) is 1.28. The van der Waals surface area contributed by atoms with Crippen molar-refractivity contribution in [3.05, 3.63) is 101 Å². The normalized spacial score (nSPS) is 15.6. The van der Waals surface area contributed by atoms with Crippen LogP contribution in [-0.4, -0.2) is 28.7 Å². The first kappa shape index (κ1) is 24.1.